The lowest BCUT2D eigenvalue weighted by atomic mass is 9.90. The monoisotopic (exact) mass is 265 g/mol. The van der Waals surface area contributed by atoms with Crippen molar-refractivity contribution < 1.29 is 13.5 Å². The highest BCUT2D eigenvalue weighted by atomic mass is 19.3. The van der Waals surface area contributed by atoms with Gasteiger partial charge in [0.1, 0.15) is 5.75 Å². The van der Waals surface area contributed by atoms with Gasteiger partial charge in [0, 0.05) is 5.56 Å². The third-order valence-corrected chi connectivity index (χ3v) is 3.22. The van der Waals surface area contributed by atoms with E-state index in [0.717, 1.165) is 10.8 Å². The number of fused-ring (bicyclic) bond motifs is 1. The molecule has 0 saturated carbocycles. The van der Waals surface area contributed by atoms with Gasteiger partial charge in [-0.2, -0.15) is 8.78 Å². The molecule has 0 unspecified atom stereocenters. The van der Waals surface area contributed by atoms with E-state index < -0.39 is 11.5 Å². The molecular weight excluding hydrogens is 248 g/mol. The van der Waals surface area contributed by atoms with E-state index in [4.69, 9.17) is 10.5 Å². The van der Waals surface area contributed by atoms with Crippen LogP contribution >= 0.6 is 0 Å². The molecule has 0 aliphatic carbocycles. The van der Waals surface area contributed by atoms with Crippen molar-refractivity contribution in [2.75, 3.05) is 7.11 Å². The lowest BCUT2D eigenvalue weighted by Crippen LogP contribution is -2.48. The quantitative estimate of drug-likeness (QED) is 0.918. The maximum Gasteiger partial charge on any atom is 0.290 e. The van der Waals surface area contributed by atoms with Crippen molar-refractivity contribution in [1.29, 1.82) is 0 Å². The van der Waals surface area contributed by atoms with Crippen molar-refractivity contribution in [3.63, 3.8) is 0 Å². The Kier molecular flexibility index (Phi) is 3.22. The number of halogens is 2. The molecule has 0 aliphatic heterocycles. The number of rotatable bonds is 3. The highest BCUT2D eigenvalue weighted by Gasteiger charge is 2.45. The number of methoxy groups -OCH3 is 1. The number of ether oxygens (including phenoxy) is 1. The minimum atomic E-state index is -3.08. The predicted molar refractivity (Wildman–Crippen MR) is 72.7 cm³/mol. The molecular formula is C15H17F2NO. The van der Waals surface area contributed by atoms with Crippen molar-refractivity contribution in [3.05, 3.63) is 42.0 Å². The Morgan fingerprint density at radius 1 is 1.00 bits per heavy atom. The summed E-state index contributed by atoms with van der Waals surface area (Å²) in [4.78, 5) is 0. The molecule has 0 aliphatic rings. The smallest absolute Gasteiger partial charge is 0.290 e. The summed E-state index contributed by atoms with van der Waals surface area (Å²) in [5, 5.41) is 1.59. The Labute approximate surface area is 111 Å². The fourth-order valence-corrected chi connectivity index (χ4v) is 1.92. The molecule has 0 fully saturated rings. The lowest BCUT2D eigenvalue weighted by Gasteiger charge is -2.30. The van der Waals surface area contributed by atoms with Gasteiger partial charge in [0.05, 0.1) is 12.6 Å². The van der Waals surface area contributed by atoms with Crippen molar-refractivity contribution in [2.45, 2.75) is 25.3 Å². The summed E-state index contributed by atoms with van der Waals surface area (Å²) in [6.07, 6.45) is 0. The van der Waals surface area contributed by atoms with Gasteiger partial charge in [-0.05, 0) is 42.8 Å². The summed E-state index contributed by atoms with van der Waals surface area (Å²) in [5.74, 6) is -2.38. The van der Waals surface area contributed by atoms with E-state index in [2.05, 4.69) is 0 Å². The van der Waals surface area contributed by atoms with E-state index in [1.807, 2.05) is 6.07 Å². The fourth-order valence-electron chi connectivity index (χ4n) is 1.92. The van der Waals surface area contributed by atoms with Gasteiger partial charge in [0.25, 0.3) is 5.92 Å². The van der Waals surface area contributed by atoms with Crippen LogP contribution in [0.1, 0.15) is 19.4 Å². The predicted octanol–water partition coefficient (Wildman–Crippen LogP) is 3.68. The Balaban J connectivity index is 2.54. The van der Waals surface area contributed by atoms with Gasteiger partial charge in [-0.1, -0.05) is 18.2 Å². The SMILES string of the molecule is COc1ccc2cc(C(F)(F)C(C)(C)N)ccc2c1. The molecule has 0 aromatic heterocycles. The van der Waals surface area contributed by atoms with Crippen molar-refractivity contribution in [3.8, 4) is 5.75 Å². The molecule has 2 nitrogen and oxygen atoms in total. The van der Waals surface area contributed by atoms with E-state index in [9.17, 15) is 8.78 Å². The second-order valence-electron chi connectivity index (χ2n) is 5.22. The maximum absolute atomic E-state index is 14.2. The molecule has 0 atom stereocenters. The van der Waals surface area contributed by atoms with Crippen molar-refractivity contribution in [1.82, 2.24) is 0 Å². The molecule has 0 radical (unpaired) electrons. The van der Waals surface area contributed by atoms with E-state index in [1.54, 1.807) is 25.3 Å². The first-order valence-electron chi connectivity index (χ1n) is 6.01. The molecule has 0 spiro atoms. The van der Waals surface area contributed by atoms with Gasteiger partial charge in [0.2, 0.25) is 0 Å². The summed E-state index contributed by atoms with van der Waals surface area (Å²) in [6, 6.07) is 9.87. The number of benzene rings is 2. The van der Waals surface area contributed by atoms with Gasteiger partial charge >= 0.3 is 0 Å². The number of alkyl halides is 2. The zero-order valence-corrected chi connectivity index (χ0v) is 11.2. The standard InChI is InChI=1S/C15H17F2NO/c1-14(2,18)15(16,17)12-6-4-11-9-13(19-3)7-5-10(11)8-12/h4-9H,18H2,1-3H3. The first-order valence-corrected chi connectivity index (χ1v) is 6.01. The molecule has 2 N–H and O–H groups in total. The van der Waals surface area contributed by atoms with Crippen LogP contribution in [0.4, 0.5) is 8.78 Å². The molecule has 0 amide bonds. The zero-order chi connectivity index (χ0) is 14.3. The minimum Gasteiger partial charge on any atom is -0.497 e. The van der Waals surface area contributed by atoms with E-state index >= 15 is 0 Å². The zero-order valence-electron chi connectivity index (χ0n) is 11.2. The molecule has 2 rings (SSSR count). The van der Waals surface area contributed by atoms with Crippen LogP contribution in [0.25, 0.3) is 10.8 Å². The molecule has 4 heteroatoms. The van der Waals surface area contributed by atoms with Gasteiger partial charge < -0.3 is 10.5 Å². The normalized spacial score (nSPS) is 12.7. The van der Waals surface area contributed by atoms with Crippen LogP contribution in [0.3, 0.4) is 0 Å². The molecule has 2 aromatic carbocycles. The van der Waals surface area contributed by atoms with Gasteiger partial charge in [0.15, 0.2) is 0 Å². The Morgan fingerprint density at radius 2 is 1.58 bits per heavy atom. The Hall–Kier alpha value is -1.68. The van der Waals surface area contributed by atoms with Crippen LogP contribution < -0.4 is 10.5 Å². The topological polar surface area (TPSA) is 35.2 Å². The average molecular weight is 265 g/mol. The van der Waals surface area contributed by atoms with Gasteiger partial charge in [-0.3, -0.25) is 0 Å². The van der Waals surface area contributed by atoms with Crippen LogP contribution in [0.15, 0.2) is 36.4 Å². The first kappa shape index (κ1) is 13.7. The van der Waals surface area contributed by atoms with Crippen molar-refractivity contribution >= 4 is 10.8 Å². The number of hydrogen-bond acceptors (Lipinski definition) is 2. The molecule has 19 heavy (non-hydrogen) atoms. The van der Waals surface area contributed by atoms with Crippen LogP contribution in [0, 0.1) is 0 Å². The molecule has 0 bridgehead atoms. The molecule has 102 valence electrons. The summed E-state index contributed by atoms with van der Waals surface area (Å²) >= 11 is 0. The fraction of sp³-hybridized carbons (Fsp3) is 0.333. The van der Waals surface area contributed by atoms with E-state index in [1.165, 1.54) is 26.0 Å². The minimum absolute atomic E-state index is 0.0716. The first-order chi connectivity index (χ1) is 8.75. The van der Waals surface area contributed by atoms with Gasteiger partial charge in [-0.15, -0.1) is 0 Å². The van der Waals surface area contributed by atoms with Crippen LogP contribution in [0.5, 0.6) is 5.75 Å². The third-order valence-electron chi connectivity index (χ3n) is 3.22. The second-order valence-corrected chi connectivity index (χ2v) is 5.22. The second kappa shape index (κ2) is 4.46. The maximum atomic E-state index is 14.2. The number of hydrogen-bond donors (Lipinski definition) is 1. The Bertz CT molecular complexity index is 603. The summed E-state index contributed by atoms with van der Waals surface area (Å²) < 4.78 is 33.5. The highest BCUT2D eigenvalue weighted by molar-refractivity contribution is 5.84. The van der Waals surface area contributed by atoms with Crippen LogP contribution in [-0.4, -0.2) is 12.6 Å². The largest absolute Gasteiger partial charge is 0.497 e. The highest BCUT2D eigenvalue weighted by Crippen LogP contribution is 2.38. The van der Waals surface area contributed by atoms with Crippen molar-refractivity contribution in [2.24, 2.45) is 5.73 Å². The van der Waals surface area contributed by atoms with Gasteiger partial charge in [-0.25, -0.2) is 0 Å². The van der Waals surface area contributed by atoms with E-state index in [-0.39, 0.29) is 5.56 Å². The molecule has 0 saturated heterocycles. The Morgan fingerprint density at radius 3 is 2.16 bits per heavy atom. The van der Waals surface area contributed by atoms with Crippen LogP contribution in [-0.2, 0) is 5.92 Å². The lowest BCUT2D eigenvalue weighted by molar-refractivity contribution is -0.0671. The number of nitrogens with two attached hydrogens (primary N) is 1. The third kappa shape index (κ3) is 2.40. The molecule has 2 aromatic rings. The summed E-state index contributed by atoms with van der Waals surface area (Å²) in [7, 11) is 1.57. The average Bonchev–Trinajstić information content (AvgIpc) is 2.36. The van der Waals surface area contributed by atoms with Crippen LogP contribution in [0.2, 0.25) is 0 Å². The molecule has 0 heterocycles. The van der Waals surface area contributed by atoms with E-state index in [0.29, 0.717) is 5.75 Å². The summed E-state index contributed by atoms with van der Waals surface area (Å²) in [6.45, 7) is 2.65. The summed E-state index contributed by atoms with van der Waals surface area (Å²) in [5.41, 5.74) is 3.89.